The molecule has 0 aliphatic carbocycles. The van der Waals surface area contributed by atoms with Crippen molar-refractivity contribution in [2.24, 2.45) is 0 Å². The van der Waals surface area contributed by atoms with Crippen LogP contribution in [0.25, 0.3) is 11.3 Å². The SMILES string of the molecule is CCCCc1cc(=O)[nH]c(-c2ccccc2)c1C(=O)O. The van der Waals surface area contributed by atoms with E-state index in [0.29, 0.717) is 23.2 Å². The van der Waals surface area contributed by atoms with Gasteiger partial charge in [-0.25, -0.2) is 4.79 Å². The Morgan fingerprint density at radius 2 is 1.95 bits per heavy atom. The topological polar surface area (TPSA) is 70.2 Å². The van der Waals surface area contributed by atoms with E-state index < -0.39 is 5.97 Å². The number of aromatic amines is 1. The minimum absolute atomic E-state index is 0.198. The van der Waals surface area contributed by atoms with Crippen LogP contribution in [0.1, 0.15) is 35.7 Å². The minimum atomic E-state index is -1.01. The van der Waals surface area contributed by atoms with Crippen LogP contribution < -0.4 is 5.56 Å². The minimum Gasteiger partial charge on any atom is -0.478 e. The Balaban J connectivity index is 2.64. The molecule has 0 atom stereocenters. The summed E-state index contributed by atoms with van der Waals surface area (Å²) in [5.74, 6) is -1.01. The van der Waals surface area contributed by atoms with Crippen molar-refractivity contribution in [1.29, 1.82) is 0 Å². The molecule has 2 N–H and O–H groups in total. The normalized spacial score (nSPS) is 10.4. The molecule has 0 saturated carbocycles. The fourth-order valence-electron chi connectivity index (χ4n) is 2.24. The molecule has 20 heavy (non-hydrogen) atoms. The number of aromatic nitrogens is 1. The van der Waals surface area contributed by atoms with E-state index in [1.165, 1.54) is 6.07 Å². The first-order valence-corrected chi connectivity index (χ1v) is 6.68. The number of H-pyrrole nitrogens is 1. The van der Waals surface area contributed by atoms with Gasteiger partial charge in [-0.3, -0.25) is 4.79 Å². The van der Waals surface area contributed by atoms with Gasteiger partial charge in [-0.2, -0.15) is 0 Å². The Bertz CT molecular complexity index is 659. The second kappa shape index (κ2) is 6.19. The smallest absolute Gasteiger partial charge is 0.338 e. The van der Waals surface area contributed by atoms with Crippen LogP contribution in [0.5, 0.6) is 0 Å². The molecule has 0 bridgehead atoms. The number of carbonyl (C=O) groups is 1. The van der Waals surface area contributed by atoms with Gasteiger partial charge in [0.05, 0.1) is 11.3 Å². The summed E-state index contributed by atoms with van der Waals surface area (Å²) < 4.78 is 0. The molecule has 1 aromatic heterocycles. The number of rotatable bonds is 5. The maximum Gasteiger partial charge on any atom is 0.338 e. The summed E-state index contributed by atoms with van der Waals surface area (Å²) in [6, 6.07) is 10.5. The van der Waals surface area contributed by atoms with Gasteiger partial charge in [-0.15, -0.1) is 0 Å². The Morgan fingerprint density at radius 3 is 2.55 bits per heavy atom. The van der Waals surface area contributed by atoms with Gasteiger partial charge in [0, 0.05) is 6.07 Å². The number of carboxylic acid groups (broad SMARTS) is 1. The van der Waals surface area contributed by atoms with Crippen LogP contribution >= 0.6 is 0 Å². The van der Waals surface area contributed by atoms with Crippen LogP contribution in [0.15, 0.2) is 41.2 Å². The predicted molar refractivity (Wildman–Crippen MR) is 78.1 cm³/mol. The Morgan fingerprint density at radius 1 is 1.25 bits per heavy atom. The zero-order chi connectivity index (χ0) is 14.5. The predicted octanol–water partition coefficient (Wildman–Crippen LogP) is 3.08. The highest BCUT2D eigenvalue weighted by Gasteiger charge is 2.18. The van der Waals surface area contributed by atoms with E-state index in [1.54, 1.807) is 12.1 Å². The number of aromatic carboxylic acids is 1. The molecule has 2 aromatic rings. The average molecular weight is 271 g/mol. The molecule has 4 heteroatoms. The molecule has 0 unspecified atom stereocenters. The molecule has 0 saturated heterocycles. The molecule has 2 rings (SSSR count). The molecule has 4 nitrogen and oxygen atoms in total. The molecule has 0 fully saturated rings. The van der Waals surface area contributed by atoms with Gasteiger partial charge in [0.25, 0.3) is 0 Å². The largest absolute Gasteiger partial charge is 0.478 e. The fraction of sp³-hybridized carbons (Fsp3) is 0.250. The number of nitrogens with one attached hydrogen (secondary N) is 1. The van der Waals surface area contributed by atoms with Crippen molar-refractivity contribution in [3.8, 4) is 11.3 Å². The monoisotopic (exact) mass is 271 g/mol. The lowest BCUT2D eigenvalue weighted by molar-refractivity contribution is 0.0696. The summed E-state index contributed by atoms with van der Waals surface area (Å²) in [4.78, 5) is 26.0. The molecule has 104 valence electrons. The maximum absolute atomic E-state index is 11.8. The van der Waals surface area contributed by atoms with Crippen molar-refractivity contribution in [2.45, 2.75) is 26.2 Å². The number of hydrogen-bond donors (Lipinski definition) is 2. The Labute approximate surface area is 117 Å². The van der Waals surface area contributed by atoms with E-state index in [0.717, 1.165) is 12.8 Å². The van der Waals surface area contributed by atoms with Crippen molar-refractivity contribution in [1.82, 2.24) is 4.98 Å². The van der Waals surface area contributed by atoms with Crippen LogP contribution in [-0.2, 0) is 6.42 Å². The fourth-order valence-corrected chi connectivity index (χ4v) is 2.24. The van der Waals surface area contributed by atoms with Gasteiger partial charge in [-0.1, -0.05) is 43.7 Å². The van der Waals surface area contributed by atoms with Crippen molar-refractivity contribution in [2.75, 3.05) is 0 Å². The summed E-state index contributed by atoms with van der Waals surface area (Å²) in [6.07, 6.45) is 2.41. The van der Waals surface area contributed by atoms with Gasteiger partial charge in [0.2, 0.25) is 5.56 Å². The lowest BCUT2D eigenvalue weighted by Crippen LogP contribution is -2.15. The van der Waals surface area contributed by atoms with E-state index >= 15 is 0 Å². The summed E-state index contributed by atoms with van der Waals surface area (Å²) >= 11 is 0. The van der Waals surface area contributed by atoms with Crippen LogP contribution in [0.3, 0.4) is 0 Å². The number of carboxylic acids is 1. The summed E-state index contributed by atoms with van der Waals surface area (Å²) in [7, 11) is 0. The summed E-state index contributed by atoms with van der Waals surface area (Å²) in [5.41, 5.74) is 1.63. The third kappa shape index (κ3) is 2.96. The second-order valence-electron chi connectivity index (χ2n) is 4.68. The van der Waals surface area contributed by atoms with Gasteiger partial charge in [0.15, 0.2) is 0 Å². The van der Waals surface area contributed by atoms with E-state index in [2.05, 4.69) is 4.98 Å². The first-order chi connectivity index (χ1) is 9.63. The quantitative estimate of drug-likeness (QED) is 0.878. The van der Waals surface area contributed by atoms with Crippen molar-refractivity contribution < 1.29 is 9.90 Å². The summed E-state index contributed by atoms with van der Waals surface area (Å²) in [6.45, 7) is 2.03. The van der Waals surface area contributed by atoms with Crippen molar-refractivity contribution in [3.63, 3.8) is 0 Å². The number of pyridine rings is 1. The lowest BCUT2D eigenvalue weighted by atomic mass is 9.97. The molecule has 1 heterocycles. The highest BCUT2D eigenvalue weighted by Crippen LogP contribution is 2.23. The molecular weight excluding hydrogens is 254 g/mol. The first-order valence-electron chi connectivity index (χ1n) is 6.68. The van der Waals surface area contributed by atoms with Gasteiger partial charge >= 0.3 is 5.97 Å². The second-order valence-corrected chi connectivity index (χ2v) is 4.68. The van der Waals surface area contributed by atoms with Crippen LogP contribution in [0, 0.1) is 0 Å². The lowest BCUT2D eigenvalue weighted by Gasteiger charge is -2.11. The van der Waals surface area contributed by atoms with Gasteiger partial charge in [0.1, 0.15) is 0 Å². The Hall–Kier alpha value is -2.36. The highest BCUT2D eigenvalue weighted by molar-refractivity contribution is 5.96. The van der Waals surface area contributed by atoms with E-state index in [4.69, 9.17) is 0 Å². The van der Waals surface area contributed by atoms with Crippen LogP contribution in [0.4, 0.5) is 0 Å². The third-order valence-corrected chi connectivity index (χ3v) is 3.20. The number of aryl methyl sites for hydroxylation is 1. The van der Waals surface area contributed by atoms with E-state index in [-0.39, 0.29) is 11.1 Å². The zero-order valence-corrected chi connectivity index (χ0v) is 11.3. The molecule has 0 amide bonds. The molecule has 0 radical (unpaired) electrons. The summed E-state index contributed by atoms with van der Waals surface area (Å²) in [5, 5.41) is 9.48. The van der Waals surface area contributed by atoms with Crippen LogP contribution in [-0.4, -0.2) is 16.1 Å². The first kappa shape index (κ1) is 14.1. The maximum atomic E-state index is 11.8. The molecule has 1 aromatic carbocycles. The Kier molecular flexibility index (Phi) is 4.35. The van der Waals surface area contributed by atoms with Crippen LogP contribution in [0.2, 0.25) is 0 Å². The highest BCUT2D eigenvalue weighted by atomic mass is 16.4. The van der Waals surface area contributed by atoms with Crippen molar-refractivity contribution in [3.05, 3.63) is 57.9 Å². The number of benzene rings is 1. The van der Waals surface area contributed by atoms with Gasteiger partial charge < -0.3 is 10.1 Å². The molecule has 0 aliphatic rings. The molecule has 0 spiro atoms. The number of unbranched alkanes of at least 4 members (excludes halogenated alkanes) is 1. The van der Waals surface area contributed by atoms with Crippen molar-refractivity contribution >= 4 is 5.97 Å². The molecular formula is C16H17NO3. The zero-order valence-electron chi connectivity index (χ0n) is 11.3. The standard InChI is InChI=1S/C16H17NO3/c1-2-3-7-12-10-13(18)17-15(14(12)16(19)20)11-8-5-4-6-9-11/h4-6,8-10H,2-3,7H2,1H3,(H,17,18)(H,19,20). The van der Waals surface area contributed by atoms with E-state index in [9.17, 15) is 14.7 Å². The third-order valence-electron chi connectivity index (χ3n) is 3.20. The number of hydrogen-bond acceptors (Lipinski definition) is 2. The van der Waals surface area contributed by atoms with Gasteiger partial charge in [-0.05, 0) is 24.0 Å². The average Bonchev–Trinajstić information content (AvgIpc) is 2.45. The molecule has 0 aliphatic heterocycles. The van der Waals surface area contributed by atoms with E-state index in [1.807, 2.05) is 25.1 Å².